The van der Waals surface area contributed by atoms with Gasteiger partial charge < -0.3 is 19.5 Å². The fourth-order valence-electron chi connectivity index (χ4n) is 6.41. The molecule has 1 aromatic carbocycles. The van der Waals surface area contributed by atoms with E-state index in [4.69, 9.17) is 14.7 Å². The molecule has 232 valence electrons. The van der Waals surface area contributed by atoms with Crippen LogP contribution >= 0.6 is 0 Å². The lowest BCUT2D eigenvalue weighted by Crippen LogP contribution is -2.42. The van der Waals surface area contributed by atoms with Gasteiger partial charge in [0.05, 0.1) is 5.56 Å². The maximum atomic E-state index is 12.8. The lowest BCUT2D eigenvalue weighted by Gasteiger charge is -2.34. The molecule has 1 N–H and O–H groups in total. The fourth-order valence-corrected chi connectivity index (χ4v) is 6.41. The van der Waals surface area contributed by atoms with Crippen LogP contribution in [0.1, 0.15) is 42.1 Å². The molecule has 1 amide bonds. The number of carbonyl (C=O) groups excluding carboxylic acids is 2. The lowest BCUT2D eigenvalue weighted by atomic mass is 10.1. The molecule has 7 rings (SSSR count). The number of allylic oxidation sites excluding steroid dienone is 1. The van der Waals surface area contributed by atoms with Crippen molar-refractivity contribution in [3.63, 3.8) is 0 Å². The molecule has 0 radical (unpaired) electrons. The summed E-state index contributed by atoms with van der Waals surface area (Å²) in [5.74, 6) is 2.09. The van der Waals surface area contributed by atoms with Gasteiger partial charge in [-0.05, 0) is 75.7 Å². The Morgan fingerprint density at radius 1 is 1.02 bits per heavy atom. The second-order valence-corrected chi connectivity index (χ2v) is 11.9. The van der Waals surface area contributed by atoms with Crippen molar-refractivity contribution >= 4 is 52.2 Å². The predicted octanol–water partition coefficient (Wildman–Crippen LogP) is 4.71. The maximum absolute atomic E-state index is 12.8. The van der Waals surface area contributed by atoms with Crippen molar-refractivity contribution in [3.8, 4) is 5.75 Å². The summed E-state index contributed by atoms with van der Waals surface area (Å²) < 4.78 is 8.08. The third-order valence-corrected chi connectivity index (χ3v) is 8.67. The summed E-state index contributed by atoms with van der Waals surface area (Å²) in [6.45, 7) is 3.27. The highest BCUT2D eigenvalue weighted by molar-refractivity contribution is 5.97. The van der Waals surface area contributed by atoms with Crippen molar-refractivity contribution in [1.29, 1.82) is 0 Å². The van der Waals surface area contributed by atoms with Crippen LogP contribution in [0.25, 0.3) is 10.9 Å². The van der Waals surface area contributed by atoms with Gasteiger partial charge in [0, 0.05) is 61.7 Å². The zero-order chi connectivity index (χ0) is 30.9. The number of piperidine rings is 1. The van der Waals surface area contributed by atoms with Gasteiger partial charge in [-0.25, -0.2) is 20.0 Å². The number of nitrogens with one attached hydrogen (secondary N) is 1. The van der Waals surface area contributed by atoms with Crippen LogP contribution in [0.2, 0.25) is 0 Å². The van der Waals surface area contributed by atoms with E-state index in [1.807, 2.05) is 30.3 Å². The van der Waals surface area contributed by atoms with Crippen LogP contribution in [0, 0.1) is 0 Å². The first-order chi connectivity index (χ1) is 22.0. The third-order valence-electron chi connectivity index (χ3n) is 8.67. The van der Waals surface area contributed by atoms with Gasteiger partial charge in [-0.3, -0.25) is 14.5 Å². The van der Waals surface area contributed by atoms with Gasteiger partial charge in [-0.2, -0.15) is 4.98 Å². The molecule has 3 aromatic heterocycles. The molecule has 12 heteroatoms. The highest BCUT2D eigenvalue weighted by Gasteiger charge is 2.30. The molecule has 3 aliphatic rings. The minimum absolute atomic E-state index is 0.0157. The molecule has 6 heterocycles. The van der Waals surface area contributed by atoms with E-state index >= 15 is 0 Å². The Balaban J connectivity index is 1.23. The van der Waals surface area contributed by atoms with Crippen LogP contribution in [0.5, 0.6) is 5.75 Å². The van der Waals surface area contributed by atoms with E-state index in [1.165, 1.54) is 24.6 Å². The van der Waals surface area contributed by atoms with Crippen LogP contribution < -0.4 is 20.0 Å². The SMILES string of the molecule is CN1CCCC(n2ccc3cc(Nc4ncc(C=O)c(N5c6ccc7c(n6)N(CCC/C=C\CN5C)C(=O)CO7)n4)ccc32)C1. The average Bonchev–Trinajstić information content (AvgIpc) is 3.47. The Morgan fingerprint density at radius 2 is 1.93 bits per heavy atom. The molecule has 0 spiro atoms. The molecule has 2 bridgehead atoms. The molecule has 0 aliphatic carbocycles. The first-order valence-corrected chi connectivity index (χ1v) is 15.5. The van der Waals surface area contributed by atoms with Crippen molar-refractivity contribution < 1.29 is 14.3 Å². The van der Waals surface area contributed by atoms with Gasteiger partial charge in [-0.15, -0.1) is 0 Å². The maximum Gasteiger partial charge on any atom is 0.266 e. The number of ether oxygens (including phenoxy) is 1. The smallest absolute Gasteiger partial charge is 0.266 e. The topological polar surface area (TPSA) is 112 Å². The number of benzene rings is 1. The highest BCUT2D eigenvalue weighted by atomic mass is 16.5. The number of fused-ring (bicyclic) bond motifs is 2. The van der Waals surface area contributed by atoms with Crippen molar-refractivity contribution in [2.24, 2.45) is 0 Å². The summed E-state index contributed by atoms with van der Waals surface area (Å²) in [7, 11) is 4.09. The molecule has 4 aromatic rings. The number of nitrogens with zero attached hydrogens (tertiary/aromatic N) is 8. The molecular weight excluding hydrogens is 570 g/mol. The van der Waals surface area contributed by atoms with E-state index in [-0.39, 0.29) is 12.5 Å². The van der Waals surface area contributed by atoms with E-state index in [1.54, 1.807) is 9.91 Å². The number of amides is 1. The number of carbonyl (C=O) groups is 2. The van der Waals surface area contributed by atoms with Gasteiger partial charge in [0.1, 0.15) is 0 Å². The molecule has 3 aliphatic heterocycles. The number of rotatable bonds is 5. The van der Waals surface area contributed by atoms with Gasteiger partial charge in [0.2, 0.25) is 5.95 Å². The lowest BCUT2D eigenvalue weighted by molar-refractivity contribution is -0.121. The molecule has 1 unspecified atom stereocenters. The van der Waals surface area contributed by atoms with Crippen molar-refractivity contribution in [3.05, 3.63) is 66.5 Å². The summed E-state index contributed by atoms with van der Waals surface area (Å²) in [5, 5.41) is 8.19. The standard InChI is InChI=1S/C33H37N9O3/c1-38-14-7-8-26(20-38)40-17-13-23-18-25(9-10-27(23)40)35-33-34-19-24(21-43)31(37-33)42-29-12-11-28-32(36-29)41(30(44)22-45-28)16-6-4-3-5-15-39(42)2/h3,5,9-13,17-19,21,26H,4,6-8,14-16,20,22H2,1-2H3,(H,34,35,37)/b5-3-. The number of anilines is 5. The molecule has 1 fully saturated rings. The summed E-state index contributed by atoms with van der Waals surface area (Å²) in [5.41, 5.74) is 2.34. The highest BCUT2D eigenvalue weighted by Crippen LogP contribution is 2.36. The van der Waals surface area contributed by atoms with Crippen molar-refractivity contribution in [1.82, 2.24) is 29.4 Å². The summed E-state index contributed by atoms with van der Waals surface area (Å²) in [4.78, 5) is 43.3. The Morgan fingerprint density at radius 3 is 2.80 bits per heavy atom. The number of hydrogen-bond acceptors (Lipinski definition) is 10. The van der Waals surface area contributed by atoms with Crippen LogP contribution in [-0.4, -0.2) is 88.5 Å². The van der Waals surface area contributed by atoms with E-state index in [9.17, 15) is 9.59 Å². The third kappa shape index (κ3) is 5.74. The average molecular weight is 608 g/mol. The molecule has 12 nitrogen and oxygen atoms in total. The second-order valence-electron chi connectivity index (χ2n) is 11.9. The Hall–Kier alpha value is -4.81. The van der Waals surface area contributed by atoms with Gasteiger partial charge in [0.15, 0.2) is 36.1 Å². The second kappa shape index (κ2) is 12.3. The minimum atomic E-state index is -0.131. The predicted molar refractivity (Wildman–Crippen MR) is 174 cm³/mol. The van der Waals surface area contributed by atoms with Crippen molar-refractivity contribution in [2.75, 3.05) is 62.1 Å². The normalized spacial score (nSPS) is 20.3. The molecule has 45 heavy (non-hydrogen) atoms. The van der Waals surface area contributed by atoms with E-state index in [0.29, 0.717) is 53.8 Å². The number of hydrazine groups is 1. The molecule has 1 saturated heterocycles. The number of likely N-dealkylation sites (N-methyl/N-ethyl adjacent to an activating group) is 2. The summed E-state index contributed by atoms with van der Waals surface area (Å²) in [6.07, 6.45) is 12.6. The van der Waals surface area contributed by atoms with Gasteiger partial charge in [0.25, 0.3) is 5.91 Å². The van der Waals surface area contributed by atoms with Crippen LogP contribution in [0.15, 0.2) is 60.9 Å². The molecular formula is C33H37N9O3. The number of likely N-dealkylation sites (tertiary alicyclic amines) is 1. The Labute approximate surface area is 261 Å². The van der Waals surface area contributed by atoms with E-state index < -0.39 is 0 Å². The van der Waals surface area contributed by atoms with E-state index in [2.05, 4.69) is 63.4 Å². The first kappa shape index (κ1) is 28.9. The minimum Gasteiger partial charge on any atom is -0.480 e. The van der Waals surface area contributed by atoms with E-state index in [0.717, 1.165) is 43.3 Å². The zero-order valence-corrected chi connectivity index (χ0v) is 25.6. The van der Waals surface area contributed by atoms with Crippen LogP contribution in [0.4, 0.5) is 29.1 Å². The quantitative estimate of drug-likeness (QED) is 0.253. The van der Waals surface area contributed by atoms with Gasteiger partial charge >= 0.3 is 0 Å². The first-order valence-electron chi connectivity index (χ1n) is 15.5. The number of aromatic nitrogens is 4. The molecule has 0 saturated carbocycles. The largest absolute Gasteiger partial charge is 0.480 e. The Bertz CT molecular complexity index is 1770. The monoisotopic (exact) mass is 607 g/mol. The summed E-state index contributed by atoms with van der Waals surface area (Å²) >= 11 is 0. The number of aldehydes is 1. The number of pyridine rings is 1. The fraction of sp³-hybridized carbons (Fsp3) is 0.364. The van der Waals surface area contributed by atoms with Crippen molar-refractivity contribution in [2.45, 2.75) is 31.7 Å². The Kier molecular flexibility index (Phi) is 7.90. The zero-order valence-electron chi connectivity index (χ0n) is 25.6. The number of hydrogen-bond donors (Lipinski definition) is 1. The van der Waals surface area contributed by atoms with Crippen LogP contribution in [0.3, 0.4) is 0 Å². The van der Waals surface area contributed by atoms with Gasteiger partial charge in [-0.1, -0.05) is 12.2 Å². The van der Waals surface area contributed by atoms with Crippen LogP contribution in [-0.2, 0) is 4.79 Å². The molecule has 1 atom stereocenters. The summed E-state index contributed by atoms with van der Waals surface area (Å²) in [6, 6.07) is 12.5.